The zero-order chi connectivity index (χ0) is 19.4. The van der Waals surface area contributed by atoms with Gasteiger partial charge in [0.05, 0.1) is 12.2 Å². The largest absolute Gasteiger partial charge is 0.462 e. The highest BCUT2D eigenvalue weighted by atomic mass is 32.1. The quantitative estimate of drug-likeness (QED) is 0.642. The van der Waals surface area contributed by atoms with E-state index in [0.717, 1.165) is 16.9 Å². The first-order chi connectivity index (χ1) is 13.0. The first-order valence-corrected chi connectivity index (χ1v) is 9.35. The molecular weight excluding hydrogens is 366 g/mol. The number of amides is 1. The Hall–Kier alpha value is -3.00. The van der Waals surface area contributed by atoms with Crippen LogP contribution < -0.4 is 5.32 Å². The second-order valence-corrected chi connectivity index (χ2v) is 6.84. The van der Waals surface area contributed by atoms with Crippen molar-refractivity contribution in [3.05, 3.63) is 52.2 Å². The number of aryl methyl sites for hydroxylation is 2. The van der Waals surface area contributed by atoms with Crippen molar-refractivity contribution in [2.45, 2.75) is 27.2 Å². The predicted octanol–water partition coefficient (Wildman–Crippen LogP) is 4.10. The number of nitrogens with one attached hydrogen (secondary N) is 1. The maximum Gasteiger partial charge on any atom is 0.341 e. The lowest BCUT2D eigenvalue weighted by Gasteiger charge is -2.06. The average molecular weight is 385 g/mol. The van der Waals surface area contributed by atoms with Crippen LogP contribution in [0.2, 0.25) is 0 Å². The molecule has 0 radical (unpaired) electrons. The Bertz CT molecular complexity index is 960. The summed E-state index contributed by atoms with van der Waals surface area (Å²) in [6.45, 7) is 5.75. The number of rotatable bonds is 6. The van der Waals surface area contributed by atoms with E-state index in [1.165, 1.54) is 11.3 Å². The van der Waals surface area contributed by atoms with E-state index in [1.807, 2.05) is 6.92 Å². The summed E-state index contributed by atoms with van der Waals surface area (Å²) in [5, 5.41) is 7.05. The topological polar surface area (TPSA) is 94.3 Å². The third-order valence-electron chi connectivity index (χ3n) is 3.78. The average Bonchev–Trinajstić information content (AvgIpc) is 3.28. The second-order valence-electron chi connectivity index (χ2n) is 5.71. The molecule has 0 atom stereocenters. The number of carbonyl (C=O) groups excluding carboxylic acids is 2. The molecule has 0 aliphatic rings. The van der Waals surface area contributed by atoms with E-state index in [4.69, 9.17) is 9.26 Å². The highest BCUT2D eigenvalue weighted by Gasteiger charge is 2.19. The van der Waals surface area contributed by atoms with E-state index < -0.39 is 5.97 Å². The van der Waals surface area contributed by atoms with Crippen LogP contribution >= 0.6 is 11.3 Å². The fourth-order valence-corrected chi connectivity index (χ4v) is 3.40. The number of benzene rings is 1. The number of aromatic nitrogens is 2. The standard InChI is InChI=1S/C19H19N3O4S/c1-4-14-10-15(19(24)25-5-2)18(27-14)21-16(23)12-6-8-13(9-7-12)17-20-11(3)22-26-17/h6-10H,4-5H2,1-3H3,(H,21,23). The Morgan fingerprint density at radius 3 is 2.56 bits per heavy atom. The molecule has 0 saturated heterocycles. The lowest BCUT2D eigenvalue weighted by atomic mass is 10.1. The van der Waals surface area contributed by atoms with Gasteiger partial charge in [0.15, 0.2) is 5.82 Å². The lowest BCUT2D eigenvalue weighted by Crippen LogP contribution is -2.14. The molecule has 0 aliphatic heterocycles. The predicted molar refractivity (Wildman–Crippen MR) is 102 cm³/mol. The fourth-order valence-electron chi connectivity index (χ4n) is 2.42. The molecule has 1 aromatic carbocycles. The van der Waals surface area contributed by atoms with Crippen LogP contribution in [0, 0.1) is 6.92 Å². The first kappa shape index (κ1) is 18.8. The molecule has 27 heavy (non-hydrogen) atoms. The van der Waals surface area contributed by atoms with Gasteiger partial charge >= 0.3 is 5.97 Å². The Labute approximate surface area is 160 Å². The van der Waals surface area contributed by atoms with Gasteiger partial charge in [0.25, 0.3) is 11.8 Å². The maximum absolute atomic E-state index is 12.6. The number of carbonyl (C=O) groups is 2. The minimum atomic E-state index is -0.439. The molecule has 2 heterocycles. The van der Waals surface area contributed by atoms with Gasteiger partial charge in [-0.2, -0.15) is 4.98 Å². The third-order valence-corrected chi connectivity index (χ3v) is 4.97. The molecule has 8 heteroatoms. The number of ether oxygens (including phenoxy) is 1. The van der Waals surface area contributed by atoms with E-state index in [9.17, 15) is 9.59 Å². The van der Waals surface area contributed by atoms with Crippen LogP contribution in [0.25, 0.3) is 11.5 Å². The summed E-state index contributed by atoms with van der Waals surface area (Å²) in [4.78, 5) is 29.9. The van der Waals surface area contributed by atoms with Crippen molar-refractivity contribution in [3.8, 4) is 11.5 Å². The zero-order valence-electron chi connectivity index (χ0n) is 15.2. The minimum Gasteiger partial charge on any atom is -0.462 e. The van der Waals surface area contributed by atoms with Crippen molar-refractivity contribution in [1.82, 2.24) is 10.1 Å². The summed E-state index contributed by atoms with van der Waals surface area (Å²) < 4.78 is 10.2. The van der Waals surface area contributed by atoms with Crippen molar-refractivity contribution in [2.75, 3.05) is 11.9 Å². The van der Waals surface area contributed by atoms with Crippen LogP contribution in [0.3, 0.4) is 0 Å². The third kappa shape index (κ3) is 4.22. The van der Waals surface area contributed by atoms with Crippen molar-refractivity contribution in [1.29, 1.82) is 0 Å². The Balaban J connectivity index is 1.79. The number of thiophene rings is 1. The van der Waals surface area contributed by atoms with E-state index in [2.05, 4.69) is 15.5 Å². The molecule has 0 bridgehead atoms. The van der Waals surface area contributed by atoms with Gasteiger partial charge in [-0.05, 0) is 50.6 Å². The van der Waals surface area contributed by atoms with Gasteiger partial charge in [-0.15, -0.1) is 11.3 Å². The minimum absolute atomic E-state index is 0.278. The van der Waals surface area contributed by atoms with Crippen molar-refractivity contribution in [2.24, 2.45) is 0 Å². The van der Waals surface area contributed by atoms with E-state index in [1.54, 1.807) is 44.2 Å². The van der Waals surface area contributed by atoms with Gasteiger partial charge in [0.1, 0.15) is 5.00 Å². The van der Waals surface area contributed by atoms with Gasteiger partial charge < -0.3 is 14.6 Å². The van der Waals surface area contributed by atoms with Crippen LogP contribution in [0.4, 0.5) is 5.00 Å². The second kappa shape index (κ2) is 8.13. The normalized spacial score (nSPS) is 10.6. The molecule has 2 aromatic heterocycles. The smallest absolute Gasteiger partial charge is 0.341 e. The molecule has 0 unspecified atom stereocenters. The Kier molecular flexibility index (Phi) is 5.66. The van der Waals surface area contributed by atoms with Crippen LogP contribution in [-0.2, 0) is 11.2 Å². The van der Waals surface area contributed by atoms with Gasteiger partial charge in [-0.3, -0.25) is 4.79 Å². The molecule has 3 rings (SSSR count). The molecule has 0 fully saturated rings. The highest BCUT2D eigenvalue weighted by Crippen LogP contribution is 2.30. The molecule has 7 nitrogen and oxygen atoms in total. The van der Waals surface area contributed by atoms with E-state index in [-0.39, 0.29) is 12.5 Å². The summed E-state index contributed by atoms with van der Waals surface area (Å²) in [5.41, 5.74) is 1.56. The number of nitrogens with zero attached hydrogens (tertiary/aromatic N) is 2. The molecule has 3 aromatic rings. The molecule has 1 N–H and O–H groups in total. The monoisotopic (exact) mass is 385 g/mol. The zero-order valence-corrected chi connectivity index (χ0v) is 16.1. The molecule has 0 spiro atoms. The lowest BCUT2D eigenvalue weighted by molar-refractivity contribution is 0.0528. The number of hydrogen-bond donors (Lipinski definition) is 1. The van der Waals surface area contributed by atoms with Crippen LogP contribution in [0.5, 0.6) is 0 Å². The molecule has 0 saturated carbocycles. The van der Waals surface area contributed by atoms with Crippen molar-refractivity contribution < 1.29 is 18.8 Å². The molecular formula is C19H19N3O4S. The van der Waals surface area contributed by atoms with Gasteiger partial charge in [-0.1, -0.05) is 12.1 Å². The van der Waals surface area contributed by atoms with Gasteiger partial charge in [0, 0.05) is 16.0 Å². The highest BCUT2D eigenvalue weighted by molar-refractivity contribution is 7.16. The van der Waals surface area contributed by atoms with Crippen LogP contribution in [-0.4, -0.2) is 28.6 Å². The summed E-state index contributed by atoms with van der Waals surface area (Å²) >= 11 is 1.37. The summed E-state index contributed by atoms with van der Waals surface area (Å²) in [6, 6.07) is 8.57. The first-order valence-electron chi connectivity index (χ1n) is 8.53. The number of esters is 1. The van der Waals surface area contributed by atoms with E-state index in [0.29, 0.717) is 27.8 Å². The summed E-state index contributed by atoms with van der Waals surface area (Å²) in [6.07, 6.45) is 0.769. The number of hydrogen-bond acceptors (Lipinski definition) is 7. The van der Waals surface area contributed by atoms with E-state index >= 15 is 0 Å². The molecule has 140 valence electrons. The summed E-state index contributed by atoms with van der Waals surface area (Å²) in [5.74, 6) is 0.196. The van der Waals surface area contributed by atoms with Crippen molar-refractivity contribution in [3.63, 3.8) is 0 Å². The van der Waals surface area contributed by atoms with Gasteiger partial charge in [0.2, 0.25) is 0 Å². The maximum atomic E-state index is 12.6. The Morgan fingerprint density at radius 1 is 1.22 bits per heavy atom. The number of anilines is 1. The fraction of sp³-hybridized carbons (Fsp3) is 0.263. The SMILES string of the molecule is CCOC(=O)c1cc(CC)sc1NC(=O)c1ccc(-c2nc(C)no2)cc1. The molecule has 1 amide bonds. The summed E-state index contributed by atoms with van der Waals surface area (Å²) in [7, 11) is 0. The van der Waals surface area contributed by atoms with Gasteiger partial charge in [-0.25, -0.2) is 4.79 Å². The van der Waals surface area contributed by atoms with Crippen LogP contribution in [0.15, 0.2) is 34.9 Å². The Morgan fingerprint density at radius 2 is 1.96 bits per heavy atom. The van der Waals surface area contributed by atoms with Crippen LogP contribution in [0.1, 0.15) is 45.3 Å². The molecule has 0 aliphatic carbocycles. The van der Waals surface area contributed by atoms with Crippen molar-refractivity contribution >= 4 is 28.2 Å².